The Bertz CT molecular complexity index is 1050. The zero-order valence-corrected chi connectivity index (χ0v) is 16.2. The molecule has 2 aromatic rings. The van der Waals surface area contributed by atoms with Gasteiger partial charge in [0.2, 0.25) is 0 Å². The van der Waals surface area contributed by atoms with Gasteiger partial charge in [-0.2, -0.15) is 0 Å². The summed E-state index contributed by atoms with van der Waals surface area (Å²) in [5, 5.41) is 21.5. The number of amides is 1. The third kappa shape index (κ3) is 3.20. The number of anilines is 1. The highest BCUT2D eigenvalue weighted by Crippen LogP contribution is 2.50. The van der Waals surface area contributed by atoms with E-state index in [9.17, 15) is 24.8 Å². The quantitative estimate of drug-likeness (QED) is 0.462. The summed E-state index contributed by atoms with van der Waals surface area (Å²) in [5.41, 5.74) is 1.79. The van der Waals surface area contributed by atoms with Crippen LogP contribution in [0.25, 0.3) is 0 Å². The van der Waals surface area contributed by atoms with Gasteiger partial charge in [0.15, 0.2) is 0 Å². The predicted molar refractivity (Wildman–Crippen MR) is 108 cm³/mol. The number of nitrogens with zero attached hydrogens (tertiary/aromatic N) is 2. The van der Waals surface area contributed by atoms with Crippen LogP contribution in [0.2, 0.25) is 0 Å². The first-order chi connectivity index (χ1) is 14.4. The summed E-state index contributed by atoms with van der Waals surface area (Å²) in [7, 11) is 0. The lowest BCUT2D eigenvalue weighted by Gasteiger charge is -2.41. The zero-order chi connectivity index (χ0) is 21.4. The van der Waals surface area contributed by atoms with Crippen molar-refractivity contribution in [2.24, 2.45) is 5.92 Å². The number of carbonyl (C=O) groups excluding carboxylic acids is 1. The lowest BCUT2D eigenvalue weighted by atomic mass is 9.77. The summed E-state index contributed by atoms with van der Waals surface area (Å²) < 4.78 is 5.44. The van der Waals surface area contributed by atoms with E-state index in [2.05, 4.69) is 0 Å². The number of aliphatic carboxylic acids is 1. The SMILES string of the molecule is Cc1c([N+](=O)[O-])ccc2c1N(C(=O)OCc1ccccc1)[C@H](C(=O)O)[C@@H]1CC=C[C@H]21. The lowest BCUT2D eigenvalue weighted by molar-refractivity contribution is -0.385. The van der Waals surface area contributed by atoms with Gasteiger partial charge in [0.1, 0.15) is 12.6 Å². The molecule has 0 radical (unpaired) electrons. The minimum Gasteiger partial charge on any atom is -0.480 e. The van der Waals surface area contributed by atoms with E-state index in [4.69, 9.17) is 4.74 Å². The Labute approximate surface area is 172 Å². The third-order valence-electron chi connectivity index (χ3n) is 5.78. The maximum Gasteiger partial charge on any atom is 0.415 e. The van der Waals surface area contributed by atoms with Crippen LogP contribution in [0.4, 0.5) is 16.2 Å². The summed E-state index contributed by atoms with van der Waals surface area (Å²) >= 11 is 0. The number of rotatable bonds is 4. The number of fused-ring (bicyclic) bond motifs is 3. The van der Waals surface area contributed by atoms with Crippen LogP contribution in [0.1, 0.15) is 29.0 Å². The van der Waals surface area contributed by atoms with Gasteiger partial charge in [-0.3, -0.25) is 15.0 Å². The Kier molecular flexibility index (Phi) is 4.99. The monoisotopic (exact) mass is 408 g/mol. The van der Waals surface area contributed by atoms with E-state index in [1.807, 2.05) is 30.4 Å². The van der Waals surface area contributed by atoms with Gasteiger partial charge >= 0.3 is 12.1 Å². The van der Waals surface area contributed by atoms with E-state index in [-0.39, 0.29) is 35.4 Å². The predicted octanol–water partition coefficient (Wildman–Crippen LogP) is 4.17. The third-order valence-corrected chi connectivity index (χ3v) is 5.78. The van der Waals surface area contributed by atoms with Crippen LogP contribution in [-0.4, -0.2) is 28.1 Å². The summed E-state index contributed by atoms with van der Waals surface area (Å²) in [5.74, 6) is -1.75. The number of hydrogen-bond acceptors (Lipinski definition) is 5. The lowest BCUT2D eigenvalue weighted by Crippen LogP contribution is -2.53. The number of benzene rings is 2. The number of nitro groups is 1. The van der Waals surface area contributed by atoms with Crippen molar-refractivity contribution in [1.82, 2.24) is 0 Å². The number of carbonyl (C=O) groups is 2. The van der Waals surface area contributed by atoms with Crippen LogP contribution >= 0.6 is 0 Å². The van der Waals surface area contributed by atoms with E-state index >= 15 is 0 Å². The minimum atomic E-state index is -1.18. The number of allylic oxidation sites excluding steroid dienone is 2. The summed E-state index contributed by atoms with van der Waals surface area (Å²) in [6, 6.07) is 10.9. The summed E-state index contributed by atoms with van der Waals surface area (Å²) in [6.45, 7) is 1.50. The molecule has 2 aromatic carbocycles. The molecule has 0 fully saturated rings. The molecule has 2 aliphatic rings. The molecule has 30 heavy (non-hydrogen) atoms. The van der Waals surface area contributed by atoms with E-state index in [0.717, 1.165) is 10.5 Å². The van der Waals surface area contributed by atoms with Crippen molar-refractivity contribution in [1.29, 1.82) is 0 Å². The Morgan fingerprint density at radius 2 is 1.97 bits per heavy atom. The van der Waals surface area contributed by atoms with Gasteiger partial charge in [-0.05, 0) is 30.5 Å². The Morgan fingerprint density at radius 3 is 2.63 bits per heavy atom. The van der Waals surface area contributed by atoms with Crippen molar-refractivity contribution < 1.29 is 24.4 Å². The fourth-order valence-corrected chi connectivity index (χ4v) is 4.45. The molecule has 154 valence electrons. The molecule has 1 N–H and O–H groups in total. The van der Waals surface area contributed by atoms with E-state index in [1.165, 1.54) is 13.0 Å². The van der Waals surface area contributed by atoms with Crippen molar-refractivity contribution in [3.8, 4) is 0 Å². The summed E-state index contributed by atoms with van der Waals surface area (Å²) in [4.78, 5) is 37.4. The minimum absolute atomic E-state index is 0.0296. The number of carboxylic acids is 1. The van der Waals surface area contributed by atoms with Crippen molar-refractivity contribution in [3.05, 3.63) is 81.4 Å². The molecule has 1 amide bonds. The van der Waals surface area contributed by atoms with Gasteiger partial charge < -0.3 is 9.84 Å². The normalized spacial score (nSPS) is 21.6. The molecule has 0 spiro atoms. The number of hydrogen-bond donors (Lipinski definition) is 1. The highest BCUT2D eigenvalue weighted by Gasteiger charge is 2.49. The van der Waals surface area contributed by atoms with Gasteiger partial charge in [-0.25, -0.2) is 9.59 Å². The Hall–Kier alpha value is -3.68. The second kappa shape index (κ2) is 7.62. The van der Waals surface area contributed by atoms with Crippen LogP contribution in [-0.2, 0) is 16.1 Å². The summed E-state index contributed by atoms with van der Waals surface area (Å²) in [6.07, 6.45) is 3.48. The molecule has 8 heteroatoms. The molecule has 1 heterocycles. The molecule has 3 atom stereocenters. The van der Waals surface area contributed by atoms with Gasteiger partial charge in [-0.15, -0.1) is 0 Å². The van der Waals surface area contributed by atoms with Gasteiger partial charge in [0.05, 0.1) is 16.2 Å². The van der Waals surface area contributed by atoms with Crippen LogP contribution in [0.5, 0.6) is 0 Å². The average Bonchev–Trinajstić information content (AvgIpc) is 3.21. The molecule has 0 saturated carbocycles. The van der Waals surface area contributed by atoms with Crippen LogP contribution in [0, 0.1) is 23.0 Å². The second-order valence-electron chi connectivity index (χ2n) is 7.45. The molecular formula is C22H20N2O6. The smallest absolute Gasteiger partial charge is 0.415 e. The van der Waals surface area contributed by atoms with Gasteiger partial charge in [0.25, 0.3) is 5.69 Å². The van der Waals surface area contributed by atoms with Crippen molar-refractivity contribution in [3.63, 3.8) is 0 Å². The number of ether oxygens (including phenoxy) is 1. The fraction of sp³-hybridized carbons (Fsp3) is 0.273. The first kappa shape index (κ1) is 19.6. The number of nitro benzene ring substituents is 1. The van der Waals surface area contributed by atoms with E-state index < -0.39 is 23.0 Å². The topological polar surface area (TPSA) is 110 Å². The zero-order valence-electron chi connectivity index (χ0n) is 16.2. The standard InChI is InChI=1S/C22H20N2O6/c1-13-18(24(28)29)11-10-17-15-8-5-9-16(15)20(21(25)26)23(19(13)17)22(27)30-12-14-6-3-2-4-7-14/h2-8,10-11,15-16,20H,9,12H2,1H3,(H,25,26)/t15-,16+,20-/m0/s1. The van der Waals surface area contributed by atoms with Crippen molar-refractivity contribution in [2.45, 2.75) is 31.9 Å². The molecule has 0 aromatic heterocycles. The Balaban J connectivity index is 1.79. The largest absolute Gasteiger partial charge is 0.480 e. The molecule has 4 rings (SSSR count). The van der Waals surface area contributed by atoms with Crippen LogP contribution in [0.3, 0.4) is 0 Å². The second-order valence-corrected chi connectivity index (χ2v) is 7.45. The van der Waals surface area contributed by atoms with E-state index in [1.54, 1.807) is 18.2 Å². The maximum atomic E-state index is 13.1. The van der Waals surface area contributed by atoms with Crippen LogP contribution in [0.15, 0.2) is 54.6 Å². The molecule has 8 nitrogen and oxygen atoms in total. The highest BCUT2D eigenvalue weighted by atomic mass is 16.6. The highest BCUT2D eigenvalue weighted by molar-refractivity contribution is 5.99. The fourth-order valence-electron chi connectivity index (χ4n) is 4.45. The maximum absolute atomic E-state index is 13.1. The first-order valence-corrected chi connectivity index (χ1v) is 9.57. The molecule has 0 bridgehead atoms. The van der Waals surface area contributed by atoms with Gasteiger partial charge in [0, 0.05) is 17.9 Å². The Morgan fingerprint density at radius 1 is 1.23 bits per heavy atom. The van der Waals surface area contributed by atoms with Crippen molar-refractivity contribution >= 4 is 23.4 Å². The van der Waals surface area contributed by atoms with Crippen molar-refractivity contribution in [2.75, 3.05) is 4.90 Å². The molecule has 1 aliphatic carbocycles. The number of carboxylic acid groups (broad SMARTS) is 1. The molecule has 0 unspecified atom stereocenters. The molecule has 0 saturated heterocycles. The van der Waals surface area contributed by atoms with Gasteiger partial charge in [-0.1, -0.05) is 42.5 Å². The molecule has 1 aliphatic heterocycles. The van der Waals surface area contributed by atoms with E-state index in [0.29, 0.717) is 12.0 Å². The van der Waals surface area contributed by atoms with Crippen LogP contribution < -0.4 is 4.90 Å². The first-order valence-electron chi connectivity index (χ1n) is 9.57. The molecular weight excluding hydrogens is 388 g/mol. The average molecular weight is 408 g/mol.